The number of para-hydroxylation sites is 1. The average molecular weight is 353 g/mol. The molecule has 3 unspecified atom stereocenters. The third kappa shape index (κ3) is 3.89. The number of anilines is 1. The quantitative estimate of drug-likeness (QED) is 0.765. The van der Waals surface area contributed by atoms with Gasteiger partial charge in [-0.25, -0.2) is 0 Å². The molecule has 1 saturated carbocycles. The molecule has 140 valence electrons. The first-order valence-corrected chi connectivity index (χ1v) is 10.2. The van der Waals surface area contributed by atoms with E-state index in [1.54, 1.807) is 0 Å². The van der Waals surface area contributed by atoms with Crippen LogP contribution in [0, 0.1) is 17.3 Å². The van der Waals surface area contributed by atoms with E-state index in [0.29, 0.717) is 5.41 Å². The minimum atomic E-state index is -0.306. The van der Waals surface area contributed by atoms with E-state index >= 15 is 0 Å². The van der Waals surface area contributed by atoms with Gasteiger partial charge in [0.2, 0.25) is 0 Å². The molecule has 3 heteroatoms. The Morgan fingerprint density at radius 2 is 1.96 bits per heavy atom. The third-order valence-electron chi connectivity index (χ3n) is 6.74. The molecule has 1 aromatic carbocycles. The lowest BCUT2D eigenvalue weighted by atomic mass is 9.90. The molecule has 26 heavy (non-hydrogen) atoms. The number of allylic oxidation sites excluding steroid dienone is 1. The summed E-state index contributed by atoms with van der Waals surface area (Å²) in [5, 5.41) is 13.4. The van der Waals surface area contributed by atoms with Gasteiger partial charge in [-0.2, -0.15) is 0 Å². The SMILES string of the molecule is CC1C=C(CCNCC2CC23CCN(c2ccccc2)CC3)C=CC1O. The Labute approximate surface area is 157 Å². The number of benzene rings is 1. The second kappa shape index (κ2) is 7.58. The molecule has 1 spiro atoms. The lowest BCUT2D eigenvalue weighted by Gasteiger charge is -2.34. The van der Waals surface area contributed by atoms with Crippen LogP contribution in [0.4, 0.5) is 5.69 Å². The van der Waals surface area contributed by atoms with E-state index in [1.807, 2.05) is 6.08 Å². The molecule has 0 bridgehead atoms. The highest BCUT2D eigenvalue weighted by Gasteiger charge is 2.54. The fourth-order valence-electron chi connectivity index (χ4n) is 4.75. The molecule has 0 aromatic heterocycles. The van der Waals surface area contributed by atoms with Crippen molar-refractivity contribution in [3.63, 3.8) is 0 Å². The number of nitrogens with one attached hydrogen (secondary N) is 1. The van der Waals surface area contributed by atoms with Crippen LogP contribution in [-0.2, 0) is 0 Å². The zero-order chi connectivity index (χ0) is 18.0. The predicted octanol–water partition coefficient (Wildman–Crippen LogP) is 3.77. The van der Waals surface area contributed by atoms with Crippen molar-refractivity contribution < 1.29 is 5.11 Å². The van der Waals surface area contributed by atoms with Crippen LogP contribution in [0.15, 0.2) is 54.1 Å². The predicted molar refractivity (Wildman–Crippen MR) is 108 cm³/mol. The highest BCUT2D eigenvalue weighted by molar-refractivity contribution is 5.46. The van der Waals surface area contributed by atoms with Crippen molar-refractivity contribution in [3.05, 3.63) is 54.1 Å². The van der Waals surface area contributed by atoms with Crippen LogP contribution in [0.25, 0.3) is 0 Å². The summed E-state index contributed by atoms with van der Waals surface area (Å²) < 4.78 is 0. The van der Waals surface area contributed by atoms with Crippen LogP contribution < -0.4 is 10.2 Å². The number of rotatable bonds is 6. The Balaban J connectivity index is 1.16. The first-order valence-electron chi connectivity index (χ1n) is 10.2. The van der Waals surface area contributed by atoms with Crippen LogP contribution >= 0.6 is 0 Å². The fraction of sp³-hybridized carbons (Fsp3) is 0.565. The van der Waals surface area contributed by atoms with Crippen molar-refractivity contribution in [2.75, 3.05) is 31.1 Å². The van der Waals surface area contributed by atoms with E-state index in [0.717, 1.165) is 18.9 Å². The van der Waals surface area contributed by atoms with Gasteiger partial charge in [0.05, 0.1) is 6.10 Å². The Kier molecular flexibility index (Phi) is 5.19. The van der Waals surface area contributed by atoms with Gasteiger partial charge in [-0.1, -0.05) is 48.9 Å². The number of nitrogens with zero attached hydrogens (tertiary/aromatic N) is 1. The van der Waals surface area contributed by atoms with Gasteiger partial charge in [-0.05, 0) is 62.2 Å². The second-order valence-corrected chi connectivity index (χ2v) is 8.49. The molecule has 2 fully saturated rings. The lowest BCUT2D eigenvalue weighted by molar-refractivity contribution is 0.183. The van der Waals surface area contributed by atoms with Crippen molar-refractivity contribution in [3.8, 4) is 0 Å². The average Bonchev–Trinajstić information content (AvgIpc) is 3.34. The van der Waals surface area contributed by atoms with E-state index in [4.69, 9.17) is 0 Å². The monoisotopic (exact) mass is 352 g/mol. The number of aliphatic hydroxyl groups is 1. The molecule has 0 amide bonds. The number of piperidine rings is 1. The van der Waals surface area contributed by atoms with Crippen LogP contribution in [-0.4, -0.2) is 37.4 Å². The van der Waals surface area contributed by atoms with Crippen LogP contribution in [0.2, 0.25) is 0 Å². The summed E-state index contributed by atoms with van der Waals surface area (Å²) in [5.41, 5.74) is 3.36. The van der Waals surface area contributed by atoms with E-state index in [1.165, 1.54) is 50.2 Å². The minimum Gasteiger partial charge on any atom is -0.388 e. The molecule has 1 aromatic rings. The Morgan fingerprint density at radius 3 is 2.69 bits per heavy atom. The molecule has 4 rings (SSSR count). The molecular weight excluding hydrogens is 320 g/mol. The van der Waals surface area contributed by atoms with Crippen molar-refractivity contribution in [2.45, 2.75) is 38.7 Å². The minimum absolute atomic E-state index is 0.247. The highest BCUT2D eigenvalue weighted by Crippen LogP contribution is 2.59. The molecule has 2 aliphatic carbocycles. The summed E-state index contributed by atoms with van der Waals surface area (Å²) in [4.78, 5) is 2.55. The van der Waals surface area contributed by atoms with Crippen molar-refractivity contribution in [1.29, 1.82) is 0 Å². The molecular formula is C23H32N2O. The second-order valence-electron chi connectivity index (χ2n) is 8.49. The van der Waals surface area contributed by atoms with E-state index in [2.05, 4.69) is 59.6 Å². The summed E-state index contributed by atoms with van der Waals surface area (Å²) in [6.07, 6.45) is 11.1. The van der Waals surface area contributed by atoms with Gasteiger partial charge in [-0.15, -0.1) is 0 Å². The molecule has 2 N–H and O–H groups in total. The van der Waals surface area contributed by atoms with E-state index in [-0.39, 0.29) is 12.0 Å². The van der Waals surface area contributed by atoms with Crippen molar-refractivity contribution in [1.82, 2.24) is 5.32 Å². The normalized spacial score (nSPS) is 29.7. The molecule has 1 aliphatic heterocycles. The zero-order valence-corrected chi connectivity index (χ0v) is 15.9. The molecule has 3 nitrogen and oxygen atoms in total. The number of hydrogen-bond acceptors (Lipinski definition) is 3. The van der Waals surface area contributed by atoms with Crippen molar-refractivity contribution in [2.24, 2.45) is 17.3 Å². The largest absolute Gasteiger partial charge is 0.388 e. The van der Waals surface area contributed by atoms with Crippen LogP contribution in [0.3, 0.4) is 0 Å². The van der Waals surface area contributed by atoms with Crippen LogP contribution in [0.5, 0.6) is 0 Å². The number of hydrogen-bond donors (Lipinski definition) is 2. The van der Waals surface area contributed by atoms with Gasteiger partial charge in [0.15, 0.2) is 0 Å². The third-order valence-corrected chi connectivity index (χ3v) is 6.74. The summed E-state index contributed by atoms with van der Waals surface area (Å²) in [6.45, 7) is 6.70. The maximum atomic E-state index is 9.73. The molecule has 3 atom stereocenters. The highest BCUT2D eigenvalue weighted by atomic mass is 16.3. The lowest BCUT2D eigenvalue weighted by Crippen LogP contribution is -2.36. The van der Waals surface area contributed by atoms with E-state index in [9.17, 15) is 5.11 Å². The van der Waals surface area contributed by atoms with Gasteiger partial charge in [0.1, 0.15) is 0 Å². The van der Waals surface area contributed by atoms with Gasteiger partial charge in [0.25, 0.3) is 0 Å². The van der Waals surface area contributed by atoms with E-state index < -0.39 is 0 Å². The standard InChI is InChI=1S/C23H32N2O/c1-18-15-19(7-8-22(18)26)9-12-24-17-20-16-23(20)10-13-25(14-11-23)21-5-3-2-4-6-21/h2-8,15,18,20,22,24,26H,9-14,16-17H2,1H3. The topological polar surface area (TPSA) is 35.5 Å². The summed E-state index contributed by atoms with van der Waals surface area (Å²) in [5.74, 6) is 1.12. The summed E-state index contributed by atoms with van der Waals surface area (Å²) in [6, 6.07) is 10.8. The molecule has 1 heterocycles. The van der Waals surface area contributed by atoms with Crippen molar-refractivity contribution >= 4 is 5.69 Å². The van der Waals surface area contributed by atoms with Gasteiger partial charge in [-0.3, -0.25) is 0 Å². The smallest absolute Gasteiger partial charge is 0.0784 e. The Morgan fingerprint density at radius 1 is 1.19 bits per heavy atom. The Hall–Kier alpha value is -1.58. The first kappa shape index (κ1) is 17.8. The van der Waals surface area contributed by atoms with Gasteiger partial charge < -0.3 is 15.3 Å². The Bertz CT molecular complexity index is 658. The summed E-state index contributed by atoms with van der Waals surface area (Å²) in [7, 11) is 0. The maximum Gasteiger partial charge on any atom is 0.0784 e. The maximum absolute atomic E-state index is 9.73. The van der Waals surface area contributed by atoms with Gasteiger partial charge >= 0.3 is 0 Å². The number of aliphatic hydroxyl groups excluding tert-OH is 1. The zero-order valence-electron chi connectivity index (χ0n) is 15.9. The first-order chi connectivity index (χ1) is 12.7. The van der Waals surface area contributed by atoms with Crippen LogP contribution in [0.1, 0.15) is 32.6 Å². The molecule has 3 aliphatic rings. The molecule has 1 saturated heterocycles. The molecule has 0 radical (unpaired) electrons. The fourth-order valence-corrected chi connectivity index (χ4v) is 4.75. The van der Waals surface area contributed by atoms with Gasteiger partial charge in [0, 0.05) is 24.7 Å². The summed E-state index contributed by atoms with van der Waals surface area (Å²) >= 11 is 0.